The summed E-state index contributed by atoms with van der Waals surface area (Å²) < 4.78 is 31.4. The van der Waals surface area contributed by atoms with Crippen LogP contribution < -0.4 is 10.0 Å². The van der Waals surface area contributed by atoms with E-state index in [1.54, 1.807) is 12.1 Å². The lowest BCUT2D eigenvalue weighted by Gasteiger charge is -2.10. The third kappa shape index (κ3) is 4.59. The number of hydrogen-bond donors (Lipinski definition) is 2. The minimum atomic E-state index is -3.71. The number of benzene rings is 1. The van der Waals surface area contributed by atoms with E-state index in [1.165, 1.54) is 19.2 Å². The van der Waals surface area contributed by atoms with Crippen LogP contribution in [0, 0.1) is 0 Å². The zero-order valence-corrected chi connectivity index (χ0v) is 12.5. The molecule has 0 saturated carbocycles. The molecule has 0 aliphatic carbocycles. The maximum Gasteiger partial charge on any atom is 0.339 e. The number of hydrogen-bond acceptors (Lipinski definition) is 5. The van der Waals surface area contributed by atoms with Gasteiger partial charge in [0.1, 0.15) is 0 Å². The highest BCUT2D eigenvalue weighted by Gasteiger charge is 2.21. The van der Waals surface area contributed by atoms with E-state index < -0.39 is 16.0 Å². The summed E-state index contributed by atoms with van der Waals surface area (Å²) in [7, 11) is -2.49. The molecule has 1 aromatic rings. The first-order chi connectivity index (χ1) is 9.53. The fourth-order valence-electron chi connectivity index (χ4n) is 1.65. The van der Waals surface area contributed by atoms with Gasteiger partial charge in [-0.05, 0) is 31.6 Å². The van der Waals surface area contributed by atoms with Crippen LogP contribution in [-0.2, 0) is 14.8 Å². The number of ether oxygens (including phenoxy) is 1. The lowest BCUT2D eigenvalue weighted by atomic mass is 10.2. The molecule has 0 aromatic heterocycles. The van der Waals surface area contributed by atoms with E-state index in [-0.39, 0.29) is 10.5 Å². The predicted molar refractivity (Wildman–Crippen MR) is 76.1 cm³/mol. The van der Waals surface area contributed by atoms with Gasteiger partial charge in [0, 0.05) is 6.54 Å². The molecular formula is C13H20N2O4S. The van der Waals surface area contributed by atoms with Gasteiger partial charge in [0.05, 0.1) is 17.6 Å². The molecule has 0 unspecified atom stereocenters. The molecule has 112 valence electrons. The van der Waals surface area contributed by atoms with Crippen molar-refractivity contribution in [3.05, 3.63) is 29.8 Å². The smallest absolute Gasteiger partial charge is 0.339 e. The molecule has 1 aromatic carbocycles. The SMILES string of the molecule is CCNCCCNS(=O)(=O)c1ccccc1C(=O)OC. The average molecular weight is 300 g/mol. The third-order valence-corrected chi connectivity index (χ3v) is 4.17. The Bertz CT molecular complexity index is 543. The van der Waals surface area contributed by atoms with E-state index in [0.29, 0.717) is 13.0 Å². The zero-order valence-electron chi connectivity index (χ0n) is 11.7. The Labute approximate surface area is 119 Å². The van der Waals surface area contributed by atoms with Crippen LogP contribution in [0.5, 0.6) is 0 Å². The molecule has 0 fully saturated rings. The Morgan fingerprint density at radius 1 is 1.25 bits per heavy atom. The van der Waals surface area contributed by atoms with Crippen LogP contribution in [0.1, 0.15) is 23.7 Å². The number of carbonyl (C=O) groups is 1. The second kappa shape index (κ2) is 7.98. The van der Waals surface area contributed by atoms with E-state index in [9.17, 15) is 13.2 Å². The number of sulfonamides is 1. The molecule has 7 heteroatoms. The molecule has 0 bridgehead atoms. The highest BCUT2D eigenvalue weighted by Crippen LogP contribution is 2.16. The molecule has 0 spiro atoms. The molecule has 0 atom stereocenters. The minimum absolute atomic E-state index is 0.0363. The molecule has 0 aliphatic rings. The van der Waals surface area contributed by atoms with Gasteiger partial charge >= 0.3 is 5.97 Å². The summed E-state index contributed by atoms with van der Waals surface area (Å²) in [4.78, 5) is 11.5. The van der Waals surface area contributed by atoms with Gasteiger partial charge in [0.2, 0.25) is 10.0 Å². The van der Waals surface area contributed by atoms with E-state index in [1.807, 2.05) is 6.92 Å². The van der Waals surface area contributed by atoms with Crippen LogP contribution in [0.25, 0.3) is 0 Å². The normalized spacial score (nSPS) is 11.3. The zero-order chi connectivity index (χ0) is 15.0. The van der Waals surface area contributed by atoms with Crippen LogP contribution in [0.15, 0.2) is 29.2 Å². The van der Waals surface area contributed by atoms with Gasteiger partial charge in [-0.2, -0.15) is 0 Å². The van der Waals surface area contributed by atoms with Gasteiger partial charge in [-0.1, -0.05) is 19.1 Å². The summed E-state index contributed by atoms with van der Waals surface area (Å²) in [6, 6.07) is 5.98. The molecule has 2 N–H and O–H groups in total. The summed E-state index contributed by atoms with van der Waals surface area (Å²) in [6.45, 7) is 3.87. The number of rotatable bonds is 8. The largest absolute Gasteiger partial charge is 0.465 e. The number of carbonyl (C=O) groups excluding carboxylic acids is 1. The standard InChI is InChI=1S/C13H20N2O4S/c1-3-14-9-6-10-15-20(17,18)12-8-5-4-7-11(12)13(16)19-2/h4-5,7-8,14-15H,3,6,9-10H2,1-2H3. The predicted octanol–water partition coefficient (Wildman–Crippen LogP) is 0.751. The highest BCUT2D eigenvalue weighted by molar-refractivity contribution is 7.89. The molecule has 6 nitrogen and oxygen atoms in total. The van der Waals surface area contributed by atoms with Crippen molar-refractivity contribution in [1.29, 1.82) is 0 Å². The van der Waals surface area contributed by atoms with Crippen molar-refractivity contribution in [3.8, 4) is 0 Å². The van der Waals surface area contributed by atoms with E-state index in [2.05, 4.69) is 14.8 Å². The van der Waals surface area contributed by atoms with Crippen molar-refractivity contribution in [2.24, 2.45) is 0 Å². The highest BCUT2D eigenvalue weighted by atomic mass is 32.2. The van der Waals surface area contributed by atoms with Crippen molar-refractivity contribution in [1.82, 2.24) is 10.0 Å². The lowest BCUT2D eigenvalue weighted by molar-refractivity contribution is 0.0596. The average Bonchev–Trinajstić information content (AvgIpc) is 2.46. The molecule has 0 amide bonds. The molecule has 0 aliphatic heterocycles. The van der Waals surface area contributed by atoms with E-state index >= 15 is 0 Å². The molecule has 0 saturated heterocycles. The van der Waals surface area contributed by atoms with Gasteiger partial charge in [-0.25, -0.2) is 17.9 Å². The third-order valence-electron chi connectivity index (χ3n) is 2.65. The quantitative estimate of drug-likeness (QED) is 0.547. The maximum atomic E-state index is 12.2. The Hall–Kier alpha value is -1.44. The fourth-order valence-corrected chi connectivity index (χ4v) is 2.92. The van der Waals surface area contributed by atoms with Crippen molar-refractivity contribution in [2.45, 2.75) is 18.2 Å². The van der Waals surface area contributed by atoms with Crippen molar-refractivity contribution < 1.29 is 17.9 Å². The second-order valence-corrected chi connectivity index (χ2v) is 5.83. The van der Waals surface area contributed by atoms with E-state index in [0.717, 1.165) is 13.1 Å². The summed E-state index contributed by atoms with van der Waals surface area (Å²) in [5.74, 6) is -0.668. The molecule has 0 heterocycles. The first-order valence-corrected chi connectivity index (χ1v) is 7.89. The Kier molecular flexibility index (Phi) is 6.63. The van der Waals surface area contributed by atoms with Gasteiger partial charge < -0.3 is 10.1 Å². The second-order valence-electron chi connectivity index (χ2n) is 4.09. The van der Waals surface area contributed by atoms with Crippen molar-refractivity contribution >= 4 is 16.0 Å². The monoisotopic (exact) mass is 300 g/mol. The first kappa shape index (κ1) is 16.6. The van der Waals surface area contributed by atoms with Crippen molar-refractivity contribution in [2.75, 3.05) is 26.7 Å². The summed E-state index contributed by atoms with van der Waals surface area (Å²) in [5.41, 5.74) is 0.0363. The molecule has 1 rings (SSSR count). The van der Waals surface area contributed by atoms with Crippen LogP contribution in [0.4, 0.5) is 0 Å². The van der Waals surface area contributed by atoms with Crippen LogP contribution in [0.3, 0.4) is 0 Å². The van der Waals surface area contributed by atoms with Gasteiger partial charge in [-0.3, -0.25) is 0 Å². The Balaban J connectivity index is 2.80. The fraction of sp³-hybridized carbons (Fsp3) is 0.462. The summed E-state index contributed by atoms with van der Waals surface area (Å²) in [5, 5.41) is 3.10. The first-order valence-electron chi connectivity index (χ1n) is 6.40. The Morgan fingerprint density at radius 3 is 2.60 bits per heavy atom. The van der Waals surface area contributed by atoms with Gasteiger partial charge in [-0.15, -0.1) is 0 Å². The topological polar surface area (TPSA) is 84.5 Å². The number of esters is 1. The number of methoxy groups -OCH3 is 1. The van der Waals surface area contributed by atoms with Crippen LogP contribution in [-0.4, -0.2) is 41.1 Å². The number of nitrogens with one attached hydrogen (secondary N) is 2. The van der Waals surface area contributed by atoms with Gasteiger partial charge in [0.15, 0.2) is 0 Å². The summed E-state index contributed by atoms with van der Waals surface area (Å²) in [6.07, 6.45) is 0.674. The van der Waals surface area contributed by atoms with Crippen LogP contribution in [0.2, 0.25) is 0 Å². The minimum Gasteiger partial charge on any atom is -0.465 e. The van der Waals surface area contributed by atoms with Gasteiger partial charge in [0.25, 0.3) is 0 Å². The molecule has 0 radical (unpaired) electrons. The maximum absolute atomic E-state index is 12.2. The van der Waals surface area contributed by atoms with Crippen LogP contribution >= 0.6 is 0 Å². The van der Waals surface area contributed by atoms with E-state index in [4.69, 9.17) is 0 Å². The molecule has 20 heavy (non-hydrogen) atoms. The Morgan fingerprint density at radius 2 is 1.95 bits per heavy atom. The molecular weight excluding hydrogens is 280 g/mol. The summed E-state index contributed by atoms with van der Waals surface area (Å²) >= 11 is 0. The lowest BCUT2D eigenvalue weighted by Crippen LogP contribution is -2.28. The van der Waals surface area contributed by atoms with Crippen molar-refractivity contribution in [3.63, 3.8) is 0 Å².